The Labute approximate surface area is 102 Å². The molecule has 1 nitrogen and oxygen atoms in total. The Hall–Kier alpha value is -1.94. The molecule has 2 aromatic carbocycles. The molecule has 0 aliphatic heterocycles. The normalized spacial score (nSPS) is 11.0. The van der Waals surface area contributed by atoms with Crippen LogP contribution in [0.25, 0.3) is 10.8 Å². The minimum absolute atomic E-state index is 0.0661. The summed E-state index contributed by atoms with van der Waals surface area (Å²) in [7, 11) is 0. The molecule has 0 bridgehead atoms. The van der Waals surface area contributed by atoms with Crippen LogP contribution in [0.2, 0.25) is 0 Å². The lowest BCUT2D eigenvalue weighted by Gasteiger charge is -2.08. The molecule has 0 atom stereocenters. The van der Waals surface area contributed by atoms with Gasteiger partial charge in [0, 0.05) is 10.8 Å². The van der Waals surface area contributed by atoms with Gasteiger partial charge in [0.1, 0.15) is 5.75 Å². The molecule has 0 unspecified atom stereocenters. The summed E-state index contributed by atoms with van der Waals surface area (Å²) >= 11 is 0. The van der Waals surface area contributed by atoms with Crippen LogP contribution in [0.3, 0.4) is 0 Å². The number of phenolic OH excluding ortho intramolecular Hbond substituents is 1. The maximum absolute atomic E-state index is 9.90. The lowest BCUT2D eigenvalue weighted by atomic mass is 9.96. The fraction of sp³-hybridized carbons (Fsp3) is 0.250. The van der Waals surface area contributed by atoms with Crippen LogP contribution in [0.4, 0.5) is 0 Å². The van der Waals surface area contributed by atoms with Crippen LogP contribution in [0, 0.1) is 17.3 Å². The zero-order valence-corrected chi connectivity index (χ0v) is 10.4. The Kier molecular flexibility index (Phi) is 2.81. The van der Waals surface area contributed by atoms with Crippen molar-refractivity contribution in [2.24, 2.45) is 5.41 Å². The molecule has 0 saturated heterocycles. The molecule has 0 saturated carbocycles. The van der Waals surface area contributed by atoms with Gasteiger partial charge in [-0.05, 0) is 32.2 Å². The van der Waals surface area contributed by atoms with E-state index in [1.54, 1.807) is 6.07 Å². The molecule has 0 aliphatic carbocycles. The van der Waals surface area contributed by atoms with Crippen molar-refractivity contribution in [1.29, 1.82) is 0 Å². The molecule has 0 amide bonds. The van der Waals surface area contributed by atoms with Crippen molar-refractivity contribution in [2.45, 2.75) is 20.8 Å². The third-order valence-corrected chi connectivity index (χ3v) is 2.47. The number of rotatable bonds is 0. The van der Waals surface area contributed by atoms with Crippen molar-refractivity contribution in [3.63, 3.8) is 0 Å². The Morgan fingerprint density at radius 3 is 2.41 bits per heavy atom. The minimum atomic E-state index is -0.0661. The fourth-order valence-electron chi connectivity index (χ4n) is 1.64. The van der Waals surface area contributed by atoms with Crippen LogP contribution in [0.5, 0.6) is 5.75 Å². The van der Waals surface area contributed by atoms with Crippen molar-refractivity contribution in [3.05, 3.63) is 42.0 Å². The van der Waals surface area contributed by atoms with E-state index in [2.05, 4.69) is 32.6 Å². The summed E-state index contributed by atoms with van der Waals surface area (Å²) in [5.41, 5.74) is 0.654. The number of hydrogen-bond acceptors (Lipinski definition) is 1. The van der Waals surface area contributed by atoms with Crippen molar-refractivity contribution in [1.82, 2.24) is 0 Å². The zero-order chi connectivity index (χ0) is 12.5. The molecule has 2 rings (SSSR count). The van der Waals surface area contributed by atoms with Crippen LogP contribution in [-0.4, -0.2) is 5.11 Å². The van der Waals surface area contributed by atoms with Crippen molar-refractivity contribution in [2.75, 3.05) is 0 Å². The third-order valence-electron chi connectivity index (χ3n) is 2.47. The first-order chi connectivity index (χ1) is 7.97. The van der Waals surface area contributed by atoms with Crippen LogP contribution in [0.1, 0.15) is 26.3 Å². The second kappa shape index (κ2) is 4.14. The van der Waals surface area contributed by atoms with Gasteiger partial charge in [0.15, 0.2) is 0 Å². The summed E-state index contributed by atoms with van der Waals surface area (Å²) in [4.78, 5) is 0. The Morgan fingerprint density at radius 2 is 1.71 bits per heavy atom. The highest BCUT2D eigenvalue weighted by molar-refractivity contribution is 5.90. The van der Waals surface area contributed by atoms with Crippen molar-refractivity contribution in [3.8, 4) is 17.6 Å². The number of benzene rings is 2. The van der Waals surface area contributed by atoms with Gasteiger partial charge in [-0.2, -0.15) is 0 Å². The predicted molar refractivity (Wildman–Crippen MR) is 71.9 cm³/mol. The van der Waals surface area contributed by atoms with E-state index in [-0.39, 0.29) is 11.2 Å². The largest absolute Gasteiger partial charge is 0.507 e. The van der Waals surface area contributed by atoms with Gasteiger partial charge < -0.3 is 5.11 Å². The zero-order valence-electron chi connectivity index (χ0n) is 10.4. The summed E-state index contributed by atoms with van der Waals surface area (Å²) in [5, 5.41) is 12.0. The van der Waals surface area contributed by atoms with Crippen LogP contribution in [0.15, 0.2) is 36.4 Å². The topological polar surface area (TPSA) is 20.2 Å². The Morgan fingerprint density at radius 1 is 1.00 bits per heavy atom. The van der Waals surface area contributed by atoms with Gasteiger partial charge in [0.25, 0.3) is 0 Å². The second-order valence-electron chi connectivity index (χ2n) is 5.18. The molecular weight excluding hydrogens is 208 g/mol. The van der Waals surface area contributed by atoms with Crippen molar-refractivity contribution < 1.29 is 5.11 Å². The molecule has 1 heteroatoms. The van der Waals surface area contributed by atoms with Gasteiger partial charge in [-0.15, -0.1) is 0 Å². The molecule has 0 aliphatic rings. The Bertz CT molecular complexity index is 607. The summed E-state index contributed by atoms with van der Waals surface area (Å²) in [6, 6.07) is 11.6. The van der Waals surface area contributed by atoms with E-state index in [1.807, 2.05) is 30.3 Å². The first kappa shape index (κ1) is 11.5. The minimum Gasteiger partial charge on any atom is -0.507 e. The van der Waals surface area contributed by atoms with E-state index in [1.165, 1.54) is 0 Å². The number of aromatic hydroxyl groups is 1. The quantitative estimate of drug-likeness (QED) is 0.672. The molecule has 2 aromatic rings. The number of phenols is 1. The average Bonchev–Trinajstić information content (AvgIpc) is 2.26. The van der Waals surface area contributed by atoms with Crippen LogP contribution < -0.4 is 0 Å². The van der Waals surface area contributed by atoms with Gasteiger partial charge >= 0.3 is 0 Å². The van der Waals surface area contributed by atoms with E-state index in [0.717, 1.165) is 16.3 Å². The second-order valence-corrected chi connectivity index (χ2v) is 5.18. The van der Waals surface area contributed by atoms with Gasteiger partial charge in [-0.25, -0.2) is 0 Å². The molecule has 0 fully saturated rings. The smallest absolute Gasteiger partial charge is 0.131 e. The average molecular weight is 224 g/mol. The molecule has 1 N–H and O–H groups in total. The van der Waals surface area contributed by atoms with Crippen LogP contribution in [-0.2, 0) is 0 Å². The van der Waals surface area contributed by atoms with E-state index < -0.39 is 0 Å². The summed E-state index contributed by atoms with van der Waals surface area (Å²) < 4.78 is 0. The van der Waals surface area contributed by atoms with E-state index in [0.29, 0.717) is 0 Å². The molecule has 86 valence electrons. The van der Waals surface area contributed by atoms with Crippen LogP contribution >= 0.6 is 0 Å². The molecular formula is C16H16O. The van der Waals surface area contributed by atoms with E-state index >= 15 is 0 Å². The number of fused-ring (bicyclic) bond motifs is 1. The lowest BCUT2D eigenvalue weighted by Crippen LogP contribution is -1.99. The maximum atomic E-state index is 9.90. The third kappa shape index (κ3) is 2.60. The first-order valence-electron chi connectivity index (χ1n) is 5.71. The summed E-state index contributed by atoms with van der Waals surface area (Å²) in [6.45, 7) is 6.17. The molecule has 0 heterocycles. The van der Waals surface area contributed by atoms with Gasteiger partial charge in [0.05, 0.1) is 5.56 Å². The van der Waals surface area contributed by atoms with E-state index in [4.69, 9.17) is 0 Å². The monoisotopic (exact) mass is 224 g/mol. The predicted octanol–water partition coefficient (Wildman–Crippen LogP) is 3.94. The molecule has 0 radical (unpaired) electrons. The Balaban J connectivity index is 2.66. The first-order valence-corrected chi connectivity index (χ1v) is 5.71. The molecule has 0 spiro atoms. The fourth-order valence-corrected chi connectivity index (χ4v) is 1.64. The van der Waals surface area contributed by atoms with Crippen molar-refractivity contribution >= 4 is 10.8 Å². The maximum Gasteiger partial charge on any atom is 0.131 e. The summed E-state index contributed by atoms with van der Waals surface area (Å²) in [6.07, 6.45) is 0. The van der Waals surface area contributed by atoms with Gasteiger partial charge in [-0.1, -0.05) is 42.2 Å². The van der Waals surface area contributed by atoms with E-state index in [9.17, 15) is 5.11 Å². The summed E-state index contributed by atoms with van der Waals surface area (Å²) in [5.74, 6) is 6.51. The molecule has 0 aromatic heterocycles. The highest BCUT2D eigenvalue weighted by Gasteiger charge is 2.07. The number of hydrogen-bond donors (Lipinski definition) is 1. The standard InChI is InChI=1S/C16H16O/c1-16(2,3)11-10-14-13-7-5-4-6-12(13)8-9-15(14)17/h4-9,17H,1-3H3. The van der Waals surface area contributed by atoms with Gasteiger partial charge in [0.2, 0.25) is 0 Å². The van der Waals surface area contributed by atoms with Gasteiger partial charge in [-0.3, -0.25) is 0 Å². The lowest BCUT2D eigenvalue weighted by molar-refractivity contribution is 0.474. The highest BCUT2D eigenvalue weighted by atomic mass is 16.3. The molecule has 17 heavy (non-hydrogen) atoms. The SMILES string of the molecule is CC(C)(C)C#Cc1c(O)ccc2ccccc12. The highest BCUT2D eigenvalue weighted by Crippen LogP contribution is 2.26.